The Hall–Kier alpha value is -3.81. The van der Waals surface area contributed by atoms with Crippen molar-refractivity contribution in [3.8, 4) is 0 Å². The zero-order valence-electron chi connectivity index (χ0n) is 25.2. The summed E-state index contributed by atoms with van der Waals surface area (Å²) >= 11 is 0. The number of amides is 2. The van der Waals surface area contributed by atoms with Crippen LogP contribution in [0.2, 0.25) is 0 Å². The molecular weight excluding hydrogens is 586 g/mol. The highest BCUT2D eigenvalue weighted by Gasteiger charge is 2.44. The quantitative estimate of drug-likeness (QED) is 0.450. The molecule has 4 rings (SSSR count). The molecule has 0 unspecified atom stereocenters. The van der Waals surface area contributed by atoms with Gasteiger partial charge in [0, 0.05) is 38.2 Å². The number of halogens is 4. The first-order valence-electron chi connectivity index (χ1n) is 14.6. The molecule has 2 aromatic rings. The molecule has 1 saturated heterocycles. The minimum atomic E-state index is -5.34. The summed E-state index contributed by atoms with van der Waals surface area (Å²) < 4.78 is 53.0. The first-order chi connectivity index (χ1) is 20.6. The van der Waals surface area contributed by atoms with E-state index in [1.165, 1.54) is 30.9 Å². The molecule has 2 heterocycles. The molecule has 1 aromatic carbocycles. The summed E-state index contributed by atoms with van der Waals surface area (Å²) in [5, 5.41) is 7.28. The molecule has 1 aliphatic heterocycles. The number of hydrogen-bond acceptors (Lipinski definition) is 7. The van der Waals surface area contributed by atoms with Gasteiger partial charge in [0.1, 0.15) is 5.82 Å². The average molecular weight is 624 g/mol. The van der Waals surface area contributed by atoms with Crippen LogP contribution in [0.15, 0.2) is 23.0 Å². The molecule has 240 valence electrons. The third-order valence-electron chi connectivity index (χ3n) is 8.30. The summed E-state index contributed by atoms with van der Waals surface area (Å²) in [4.78, 5) is 58.0. The van der Waals surface area contributed by atoms with Gasteiger partial charge in [-0.2, -0.15) is 13.2 Å². The maximum atomic E-state index is 14.9. The zero-order chi connectivity index (χ0) is 32.4. The Morgan fingerprint density at radius 1 is 1.02 bits per heavy atom. The van der Waals surface area contributed by atoms with Gasteiger partial charge < -0.3 is 20.0 Å². The van der Waals surface area contributed by atoms with Gasteiger partial charge in [-0.25, -0.2) is 9.18 Å². The molecule has 2 fully saturated rings. The number of hydrogen-bond donors (Lipinski definition) is 1. The second kappa shape index (κ2) is 13.0. The molecule has 2 amide bonds. The van der Waals surface area contributed by atoms with Crippen LogP contribution in [0.1, 0.15) is 72.3 Å². The topological polar surface area (TPSA) is 114 Å². The molecule has 1 saturated carbocycles. The number of carbonyl (C=O) groups is 3. The third kappa shape index (κ3) is 7.11. The Morgan fingerprint density at radius 2 is 1.64 bits per heavy atom. The van der Waals surface area contributed by atoms with Crippen LogP contribution >= 0.6 is 0 Å². The van der Waals surface area contributed by atoms with E-state index in [9.17, 15) is 36.7 Å². The maximum Gasteiger partial charge on any atom is 0.493 e. The molecule has 1 aliphatic carbocycles. The fourth-order valence-corrected chi connectivity index (χ4v) is 5.58. The van der Waals surface area contributed by atoms with E-state index >= 15 is 0 Å². The normalized spacial score (nSPS) is 16.8. The summed E-state index contributed by atoms with van der Waals surface area (Å²) in [5.41, 5.74) is -0.990. The van der Waals surface area contributed by atoms with Crippen LogP contribution < -0.4 is 15.7 Å². The molecule has 0 spiro atoms. The van der Waals surface area contributed by atoms with Gasteiger partial charge in [-0.1, -0.05) is 32.8 Å². The van der Waals surface area contributed by atoms with Crippen LogP contribution in [0.3, 0.4) is 0 Å². The Labute approximate surface area is 252 Å². The Morgan fingerprint density at radius 3 is 2.23 bits per heavy atom. The fourth-order valence-electron chi connectivity index (χ4n) is 5.58. The predicted octanol–water partition coefficient (Wildman–Crippen LogP) is 2.95. The first kappa shape index (κ1) is 33.1. The minimum absolute atomic E-state index is 0.00888. The number of rotatable bonds is 8. The molecule has 1 N–H and O–H groups in total. The highest BCUT2D eigenvalue weighted by molar-refractivity contribution is 5.95. The van der Waals surface area contributed by atoms with Gasteiger partial charge in [-0.15, -0.1) is 5.10 Å². The van der Waals surface area contributed by atoms with E-state index in [1.807, 2.05) is 0 Å². The molecule has 0 atom stereocenters. The van der Waals surface area contributed by atoms with Crippen molar-refractivity contribution in [2.45, 2.75) is 71.5 Å². The van der Waals surface area contributed by atoms with Crippen LogP contribution in [0.5, 0.6) is 0 Å². The molecule has 10 nitrogen and oxygen atoms in total. The summed E-state index contributed by atoms with van der Waals surface area (Å²) in [7, 11) is 0. The van der Waals surface area contributed by atoms with E-state index in [4.69, 9.17) is 0 Å². The molecule has 44 heavy (non-hydrogen) atoms. The summed E-state index contributed by atoms with van der Waals surface area (Å²) in [5.74, 6) is -3.50. The number of benzene rings is 1. The second-order valence-corrected chi connectivity index (χ2v) is 11.9. The van der Waals surface area contributed by atoms with Crippen molar-refractivity contribution in [2.75, 3.05) is 32.7 Å². The lowest BCUT2D eigenvalue weighted by molar-refractivity contribution is -0.202. The minimum Gasteiger partial charge on any atom is -0.338 e. The van der Waals surface area contributed by atoms with Gasteiger partial charge in [0.2, 0.25) is 5.91 Å². The standard InChI is InChI=1S/C30H37F4N5O5/c1-18(2)17-35-29(9-5-6-10-29)27(42)38-13-11-37(12-14-38)26(41)22-15-21(7-8-23(22)31)16-24-19(3)20(4)25(40)39(36-24)44-28(43)30(32,33)34/h7-8,15,18,35H,5-6,9-14,16-17H2,1-4H3. The summed E-state index contributed by atoms with van der Waals surface area (Å²) in [6, 6.07) is 3.82. The van der Waals surface area contributed by atoms with E-state index in [0.717, 1.165) is 38.3 Å². The van der Waals surface area contributed by atoms with Crippen molar-refractivity contribution in [3.63, 3.8) is 0 Å². The lowest BCUT2D eigenvalue weighted by Crippen LogP contribution is -2.61. The number of aromatic nitrogens is 2. The third-order valence-corrected chi connectivity index (χ3v) is 8.30. The van der Waals surface area contributed by atoms with Crippen LogP contribution in [-0.4, -0.2) is 82.0 Å². The number of alkyl halides is 3. The van der Waals surface area contributed by atoms with Gasteiger partial charge in [-0.3, -0.25) is 14.4 Å². The van der Waals surface area contributed by atoms with E-state index in [1.54, 1.807) is 4.90 Å². The van der Waals surface area contributed by atoms with Crippen LogP contribution in [-0.2, 0) is 16.0 Å². The maximum absolute atomic E-state index is 14.9. The van der Waals surface area contributed by atoms with Crippen LogP contribution in [0.25, 0.3) is 0 Å². The monoisotopic (exact) mass is 623 g/mol. The number of nitrogens with zero attached hydrogens (tertiary/aromatic N) is 4. The average Bonchev–Trinajstić information content (AvgIpc) is 3.47. The Balaban J connectivity index is 1.47. The molecule has 0 radical (unpaired) electrons. The molecule has 0 bridgehead atoms. The molecule has 2 aliphatic rings. The Bertz CT molecular complexity index is 1480. The predicted molar refractivity (Wildman–Crippen MR) is 151 cm³/mol. The van der Waals surface area contributed by atoms with Crippen molar-refractivity contribution in [1.82, 2.24) is 25.1 Å². The number of piperazine rings is 1. The number of nitrogens with one attached hydrogen (secondary N) is 1. The SMILES string of the molecule is Cc1c(Cc2ccc(F)c(C(=O)N3CCN(C(=O)C4(NCC(C)C)CCCC4)CC3)c2)nn(OC(=O)C(F)(F)F)c(=O)c1C. The van der Waals surface area contributed by atoms with Gasteiger partial charge in [-0.05, 0) is 67.3 Å². The van der Waals surface area contributed by atoms with Gasteiger partial charge in [0.05, 0.1) is 16.8 Å². The number of carbonyl (C=O) groups excluding carboxylic acids is 3. The van der Waals surface area contributed by atoms with Gasteiger partial charge in [0.25, 0.3) is 5.91 Å². The van der Waals surface area contributed by atoms with Crippen molar-refractivity contribution in [3.05, 3.63) is 62.3 Å². The lowest BCUT2D eigenvalue weighted by atomic mass is 9.94. The second-order valence-electron chi connectivity index (χ2n) is 11.9. The Kier molecular flexibility index (Phi) is 9.81. The van der Waals surface area contributed by atoms with Crippen molar-refractivity contribution >= 4 is 17.8 Å². The zero-order valence-corrected chi connectivity index (χ0v) is 25.2. The lowest BCUT2D eigenvalue weighted by Gasteiger charge is -2.40. The largest absolute Gasteiger partial charge is 0.493 e. The first-order valence-corrected chi connectivity index (χ1v) is 14.6. The van der Waals surface area contributed by atoms with Crippen molar-refractivity contribution < 1.29 is 36.8 Å². The van der Waals surface area contributed by atoms with Crippen LogP contribution in [0.4, 0.5) is 17.6 Å². The van der Waals surface area contributed by atoms with Crippen LogP contribution in [0, 0.1) is 25.6 Å². The van der Waals surface area contributed by atoms with Crippen molar-refractivity contribution in [2.24, 2.45) is 5.92 Å². The smallest absolute Gasteiger partial charge is 0.338 e. The van der Waals surface area contributed by atoms with E-state index in [2.05, 4.69) is 29.1 Å². The molecule has 1 aromatic heterocycles. The highest BCUT2D eigenvalue weighted by atomic mass is 19.4. The highest BCUT2D eigenvalue weighted by Crippen LogP contribution is 2.32. The summed E-state index contributed by atoms with van der Waals surface area (Å²) in [6.45, 7) is 8.87. The van der Waals surface area contributed by atoms with E-state index in [-0.39, 0.29) is 47.1 Å². The van der Waals surface area contributed by atoms with E-state index in [0.29, 0.717) is 30.1 Å². The van der Waals surface area contributed by atoms with E-state index < -0.39 is 35.0 Å². The fraction of sp³-hybridized carbons (Fsp3) is 0.567. The molecular formula is C30H37F4N5O5. The van der Waals surface area contributed by atoms with Crippen molar-refractivity contribution in [1.29, 1.82) is 0 Å². The van der Waals surface area contributed by atoms with Gasteiger partial charge in [0.15, 0.2) is 0 Å². The summed E-state index contributed by atoms with van der Waals surface area (Å²) in [6.07, 6.45) is -1.95. The molecule has 14 heteroatoms. The van der Waals surface area contributed by atoms with Gasteiger partial charge >= 0.3 is 17.7 Å².